The van der Waals surface area contributed by atoms with E-state index in [0.29, 0.717) is 52.4 Å². The summed E-state index contributed by atoms with van der Waals surface area (Å²) >= 11 is 0. The first-order valence-electron chi connectivity index (χ1n) is 11.0. The summed E-state index contributed by atoms with van der Waals surface area (Å²) in [5.74, 6) is 3.67. The van der Waals surface area contributed by atoms with Gasteiger partial charge in [0, 0.05) is 18.9 Å². The lowest BCUT2D eigenvalue weighted by atomic mass is 9.97. The predicted octanol–water partition coefficient (Wildman–Crippen LogP) is 4.70. The summed E-state index contributed by atoms with van der Waals surface area (Å²) in [6.07, 6.45) is 0.482. The molecule has 35 heavy (non-hydrogen) atoms. The molecule has 0 saturated carbocycles. The van der Waals surface area contributed by atoms with Crippen LogP contribution in [0.5, 0.6) is 28.7 Å². The van der Waals surface area contributed by atoms with Crippen LogP contribution in [0.25, 0.3) is 0 Å². The van der Waals surface area contributed by atoms with Gasteiger partial charge in [-0.05, 0) is 43.7 Å². The number of rotatable bonds is 9. The topological polar surface area (TPSA) is 88.1 Å². The van der Waals surface area contributed by atoms with Gasteiger partial charge in [0.05, 0.1) is 47.3 Å². The van der Waals surface area contributed by atoms with E-state index in [1.54, 1.807) is 35.5 Å². The molecule has 2 aromatic rings. The number of ether oxygens (including phenoxy) is 6. The number of hydrogen-bond acceptors (Lipinski definition) is 8. The Morgan fingerprint density at radius 1 is 0.829 bits per heavy atom. The van der Waals surface area contributed by atoms with Crippen LogP contribution in [0.2, 0.25) is 0 Å². The largest absolute Gasteiger partial charge is 0.498 e. The molecule has 9 heteroatoms. The van der Waals surface area contributed by atoms with Crippen LogP contribution < -0.4 is 23.7 Å². The zero-order valence-corrected chi connectivity index (χ0v) is 21.4. The normalized spacial score (nSPS) is 15.7. The summed E-state index contributed by atoms with van der Waals surface area (Å²) in [7, 11) is 7.83. The number of allylic oxidation sites excluding steroid dienone is 2. The maximum atomic E-state index is 12.5. The molecule has 1 atom stereocenters. The van der Waals surface area contributed by atoms with Crippen molar-refractivity contribution in [1.29, 1.82) is 0 Å². The number of carbonyl (C=O) groups excluding carboxylic acids is 1. The summed E-state index contributed by atoms with van der Waals surface area (Å²) in [6, 6.07) is 8.90. The van der Waals surface area contributed by atoms with Gasteiger partial charge in [0.1, 0.15) is 11.5 Å². The van der Waals surface area contributed by atoms with Crippen LogP contribution in [0.3, 0.4) is 0 Å². The summed E-state index contributed by atoms with van der Waals surface area (Å²) < 4.78 is 33.2. The van der Waals surface area contributed by atoms with E-state index in [-0.39, 0.29) is 11.9 Å². The molecule has 1 aliphatic heterocycles. The fourth-order valence-corrected chi connectivity index (χ4v) is 3.84. The van der Waals surface area contributed by atoms with E-state index in [1.807, 2.05) is 44.2 Å². The molecule has 0 radical (unpaired) electrons. The van der Waals surface area contributed by atoms with Gasteiger partial charge < -0.3 is 28.4 Å². The minimum atomic E-state index is -0.331. The fraction of sp³-hybridized carbons (Fsp3) is 0.385. The van der Waals surface area contributed by atoms with Crippen molar-refractivity contribution in [3.63, 3.8) is 0 Å². The highest BCUT2D eigenvalue weighted by molar-refractivity contribution is 6.04. The van der Waals surface area contributed by atoms with Crippen molar-refractivity contribution in [2.24, 2.45) is 5.10 Å². The molecule has 3 rings (SSSR count). The lowest BCUT2D eigenvalue weighted by Gasteiger charge is -2.22. The standard InChI is InChI=1S/C26H32N2O7/c1-15(30-4)16(2)35-23-11-18(9-10-22(23)31-5)21-14-20(27-28(21)17(3)29)19-12-24(32-6)26(34-8)25(13-19)33-7/h9-13,21H,14H2,1-8H3. The van der Waals surface area contributed by atoms with Gasteiger partial charge in [0.25, 0.3) is 0 Å². The summed E-state index contributed by atoms with van der Waals surface area (Å²) in [4.78, 5) is 12.5. The van der Waals surface area contributed by atoms with Crippen molar-refractivity contribution in [1.82, 2.24) is 5.01 Å². The van der Waals surface area contributed by atoms with E-state index in [1.165, 1.54) is 11.9 Å². The summed E-state index contributed by atoms with van der Waals surface area (Å²) in [6.45, 7) is 5.12. The number of carbonyl (C=O) groups is 1. The second-order valence-corrected chi connectivity index (χ2v) is 7.87. The Hall–Kier alpha value is -3.88. The number of nitrogens with zero attached hydrogens (tertiary/aromatic N) is 2. The summed E-state index contributed by atoms with van der Waals surface area (Å²) in [5.41, 5.74) is 2.34. The third kappa shape index (κ3) is 5.29. The molecule has 0 fully saturated rings. The molecule has 2 aromatic carbocycles. The van der Waals surface area contributed by atoms with E-state index >= 15 is 0 Å². The van der Waals surface area contributed by atoms with E-state index in [4.69, 9.17) is 28.4 Å². The van der Waals surface area contributed by atoms with Crippen LogP contribution in [0.4, 0.5) is 0 Å². The van der Waals surface area contributed by atoms with Gasteiger partial charge in [-0.15, -0.1) is 0 Å². The average molecular weight is 485 g/mol. The third-order valence-corrected chi connectivity index (χ3v) is 5.87. The van der Waals surface area contributed by atoms with E-state index < -0.39 is 0 Å². The molecule has 1 unspecified atom stereocenters. The van der Waals surface area contributed by atoms with E-state index in [9.17, 15) is 4.79 Å². The molecule has 0 N–H and O–H groups in total. The van der Waals surface area contributed by atoms with Gasteiger partial charge in [0.2, 0.25) is 11.7 Å². The molecule has 0 spiro atoms. The molecule has 1 heterocycles. The van der Waals surface area contributed by atoms with E-state index in [2.05, 4.69) is 5.10 Å². The van der Waals surface area contributed by atoms with E-state index in [0.717, 1.165) is 11.1 Å². The minimum Gasteiger partial charge on any atom is -0.498 e. The van der Waals surface area contributed by atoms with Crippen LogP contribution in [-0.2, 0) is 9.53 Å². The molecular formula is C26H32N2O7. The second kappa shape index (κ2) is 11.0. The van der Waals surface area contributed by atoms with Gasteiger partial charge in [-0.2, -0.15) is 5.10 Å². The van der Waals surface area contributed by atoms with Crippen LogP contribution in [0, 0.1) is 0 Å². The van der Waals surface area contributed by atoms with Crippen molar-refractivity contribution in [3.05, 3.63) is 53.0 Å². The van der Waals surface area contributed by atoms with Crippen LogP contribution >= 0.6 is 0 Å². The molecule has 1 amide bonds. The van der Waals surface area contributed by atoms with Crippen LogP contribution in [-0.4, -0.2) is 52.2 Å². The molecule has 1 aliphatic rings. The smallest absolute Gasteiger partial charge is 0.240 e. The zero-order valence-electron chi connectivity index (χ0n) is 21.4. The Labute approximate surface area is 205 Å². The zero-order chi connectivity index (χ0) is 25.7. The molecular weight excluding hydrogens is 452 g/mol. The number of benzene rings is 2. The quantitative estimate of drug-likeness (QED) is 0.477. The average Bonchev–Trinajstić information content (AvgIpc) is 3.33. The Balaban J connectivity index is 2.01. The molecule has 188 valence electrons. The molecule has 0 saturated heterocycles. The monoisotopic (exact) mass is 484 g/mol. The maximum absolute atomic E-state index is 12.5. The molecule has 0 bridgehead atoms. The highest BCUT2D eigenvalue weighted by atomic mass is 16.5. The molecule has 0 aromatic heterocycles. The van der Waals surface area contributed by atoms with Crippen molar-refractivity contribution in [2.45, 2.75) is 33.2 Å². The number of methoxy groups -OCH3 is 5. The van der Waals surface area contributed by atoms with Gasteiger partial charge in [-0.1, -0.05) is 6.07 Å². The molecule has 0 aliphatic carbocycles. The number of amides is 1. The lowest BCUT2D eigenvalue weighted by Crippen LogP contribution is -2.24. The SMILES string of the molecule is COC(C)=C(C)Oc1cc(C2CC(c3cc(OC)c(OC)c(OC)c3)=NN2C(C)=O)ccc1OC. The second-order valence-electron chi connectivity index (χ2n) is 7.87. The number of hydrogen-bond donors (Lipinski definition) is 0. The van der Waals surface area contributed by atoms with Gasteiger partial charge in [0.15, 0.2) is 23.0 Å². The third-order valence-electron chi connectivity index (χ3n) is 5.87. The van der Waals surface area contributed by atoms with Crippen molar-refractivity contribution in [2.75, 3.05) is 35.5 Å². The fourth-order valence-electron chi connectivity index (χ4n) is 3.84. The highest BCUT2D eigenvalue weighted by Gasteiger charge is 2.33. The van der Waals surface area contributed by atoms with Gasteiger partial charge in [-0.25, -0.2) is 5.01 Å². The summed E-state index contributed by atoms with van der Waals surface area (Å²) in [5, 5.41) is 6.12. The van der Waals surface area contributed by atoms with Gasteiger partial charge >= 0.3 is 0 Å². The Morgan fingerprint density at radius 3 is 1.97 bits per heavy atom. The van der Waals surface area contributed by atoms with Crippen molar-refractivity contribution in [3.8, 4) is 28.7 Å². The Morgan fingerprint density at radius 2 is 1.46 bits per heavy atom. The first-order valence-corrected chi connectivity index (χ1v) is 11.0. The Kier molecular flexibility index (Phi) is 8.11. The van der Waals surface area contributed by atoms with Crippen molar-refractivity contribution < 1.29 is 33.2 Å². The first-order chi connectivity index (χ1) is 16.8. The molecule has 9 nitrogen and oxygen atoms in total. The first kappa shape index (κ1) is 25.7. The highest BCUT2D eigenvalue weighted by Crippen LogP contribution is 2.42. The predicted molar refractivity (Wildman–Crippen MR) is 132 cm³/mol. The minimum absolute atomic E-state index is 0.179. The van der Waals surface area contributed by atoms with Crippen molar-refractivity contribution >= 4 is 11.6 Å². The maximum Gasteiger partial charge on any atom is 0.240 e. The van der Waals surface area contributed by atoms with Gasteiger partial charge in [-0.3, -0.25) is 4.79 Å². The van der Waals surface area contributed by atoms with Crippen LogP contribution in [0.1, 0.15) is 44.4 Å². The lowest BCUT2D eigenvalue weighted by molar-refractivity contribution is -0.130. The number of hydrazone groups is 1. The Bertz CT molecular complexity index is 1130. The van der Waals surface area contributed by atoms with Crippen LogP contribution in [0.15, 0.2) is 47.0 Å².